The minimum Gasteiger partial charge on any atom is -0.354 e. The van der Waals surface area contributed by atoms with Gasteiger partial charge in [-0.05, 0) is 29.8 Å². The molecule has 0 radical (unpaired) electrons. The van der Waals surface area contributed by atoms with E-state index >= 15 is 0 Å². The third-order valence-electron chi connectivity index (χ3n) is 4.94. The number of H-pyrrole nitrogens is 2. The topological polar surface area (TPSA) is 108 Å². The Morgan fingerprint density at radius 1 is 1.10 bits per heavy atom. The Morgan fingerprint density at radius 2 is 2.00 bits per heavy atom. The van der Waals surface area contributed by atoms with Crippen molar-refractivity contribution in [3.8, 4) is 11.3 Å². The summed E-state index contributed by atoms with van der Waals surface area (Å²) in [6.45, 7) is 0.549. The van der Waals surface area contributed by atoms with Crippen LogP contribution in [-0.4, -0.2) is 30.6 Å². The van der Waals surface area contributed by atoms with E-state index in [2.05, 4.69) is 25.4 Å². The number of anilines is 1. The zero-order chi connectivity index (χ0) is 21.2. The van der Waals surface area contributed by atoms with Gasteiger partial charge in [0.15, 0.2) is 0 Å². The molecule has 0 atom stereocenters. The second-order valence-electron chi connectivity index (χ2n) is 7.14. The molecule has 8 nitrogen and oxygen atoms in total. The number of para-hydroxylation sites is 1. The summed E-state index contributed by atoms with van der Waals surface area (Å²) in [6.07, 6.45) is 8.22. The van der Waals surface area contributed by atoms with Gasteiger partial charge in [-0.25, -0.2) is 0 Å². The summed E-state index contributed by atoms with van der Waals surface area (Å²) in [6, 6.07) is 15.0. The number of nitrogens with zero attached hydrogens (tertiary/aromatic N) is 3. The third-order valence-corrected chi connectivity index (χ3v) is 4.94. The quantitative estimate of drug-likeness (QED) is 0.412. The van der Waals surface area contributed by atoms with E-state index in [0.29, 0.717) is 29.1 Å². The molecule has 0 aliphatic heterocycles. The zero-order valence-electron chi connectivity index (χ0n) is 16.4. The Bertz CT molecular complexity index is 1400. The maximum absolute atomic E-state index is 12.8. The molecule has 1 aromatic carbocycles. The second kappa shape index (κ2) is 7.75. The van der Waals surface area contributed by atoms with E-state index in [4.69, 9.17) is 0 Å². The van der Waals surface area contributed by atoms with Crippen molar-refractivity contribution in [3.05, 3.63) is 101 Å². The molecule has 1 amide bonds. The van der Waals surface area contributed by atoms with Crippen LogP contribution in [0.2, 0.25) is 0 Å². The van der Waals surface area contributed by atoms with E-state index in [0.717, 1.165) is 16.5 Å². The lowest BCUT2D eigenvalue weighted by atomic mass is 10.1. The van der Waals surface area contributed by atoms with Crippen LogP contribution in [0.5, 0.6) is 0 Å². The lowest BCUT2D eigenvalue weighted by molar-refractivity contribution is 0.102. The lowest BCUT2D eigenvalue weighted by Gasteiger charge is -2.04. The van der Waals surface area contributed by atoms with Gasteiger partial charge < -0.3 is 15.3 Å². The molecule has 4 heterocycles. The van der Waals surface area contributed by atoms with Crippen LogP contribution in [0.1, 0.15) is 15.9 Å². The number of nitrogens with one attached hydrogen (secondary N) is 3. The van der Waals surface area contributed by atoms with Crippen LogP contribution in [0.3, 0.4) is 0 Å². The summed E-state index contributed by atoms with van der Waals surface area (Å²) in [5, 5.41) is 8.09. The molecule has 0 unspecified atom stereocenters. The van der Waals surface area contributed by atoms with Crippen LogP contribution in [0, 0.1) is 0 Å². The monoisotopic (exact) mass is 410 g/mol. The van der Waals surface area contributed by atoms with Crippen molar-refractivity contribution in [2.45, 2.75) is 6.54 Å². The highest BCUT2D eigenvalue weighted by molar-refractivity contribution is 6.04. The molecule has 5 rings (SSSR count). The summed E-state index contributed by atoms with van der Waals surface area (Å²) < 4.78 is 1.72. The predicted molar refractivity (Wildman–Crippen MR) is 118 cm³/mol. The number of pyridine rings is 2. The predicted octanol–water partition coefficient (Wildman–Crippen LogP) is 3.42. The number of fused-ring (bicyclic) bond motifs is 1. The standard InChI is InChI=1S/C23H18N6O2/c30-22(27-18-12-26-29(14-18)13-15-4-3-7-24-10-15)17-8-19(23(31)25-11-17)21-9-16-5-1-2-6-20(16)28-21/h1-12,14,28H,13H2,(H,25,31)(H,27,30). The number of amides is 1. The number of aromatic nitrogens is 5. The van der Waals surface area contributed by atoms with Gasteiger partial charge in [0.1, 0.15) is 0 Å². The fourth-order valence-corrected chi connectivity index (χ4v) is 3.43. The van der Waals surface area contributed by atoms with Gasteiger partial charge in [-0.1, -0.05) is 24.3 Å². The molecule has 5 aromatic rings. The van der Waals surface area contributed by atoms with Crippen LogP contribution >= 0.6 is 0 Å². The third kappa shape index (κ3) is 3.86. The molecule has 0 saturated carbocycles. The largest absolute Gasteiger partial charge is 0.354 e. The van der Waals surface area contributed by atoms with Gasteiger partial charge >= 0.3 is 0 Å². The van der Waals surface area contributed by atoms with Crippen molar-refractivity contribution in [3.63, 3.8) is 0 Å². The Hall–Kier alpha value is -4.46. The molecule has 0 fully saturated rings. The Kier molecular flexibility index (Phi) is 4.64. The van der Waals surface area contributed by atoms with Crippen LogP contribution in [0.25, 0.3) is 22.2 Å². The number of benzene rings is 1. The fraction of sp³-hybridized carbons (Fsp3) is 0.0435. The van der Waals surface area contributed by atoms with Gasteiger partial charge in [0.25, 0.3) is 11.5 Å². The maximum Gasteiger partial charge on any atom is 0.257 e. The SMILES string of the molecule is O=C(Nc1cnn(Cc2cccnc2)c1)c1c[nH]c(=O)c(-c2cc3ccccc3[nH]2)c1. The van der Waals surface area contributed by atoms with E-state index in [9.17, 15) is 9.59 Å². The minimum atomic E-state index is -0.338. The van der Waals surface area contributed by atoms with Crippen molar-refractivity contribution < 1.29 is 4.79 Å². The van der Waals surface area contributed by atoms with Crippen molar-refractivity contribution in [2.75, 3.05) is 5.32 Å². The number of rotatable bonds is 5. The Morgan fingerprint density at radius 3 is 2.84 bits per heavy atom. The highest BCUT2D eigenvalue weighted by atomic mass is 16.2. The molecule has 152 valence electrons. The van der Waals surface area contributed by atoms with E-state index in [1.54, 1.807) is 35.5 Å². The summed E-state index contributed by atoms with van der Waals surface area (Å²) in [7, 11) is 0. The van der Waals surface area contributed by atoms with Crippen LogP contribution in [0.4, 0.5) is 5.69 Å². The second-order valence-corrected chi connectivity index (χ2v) is 7.14. The van der Waals surface area contributed by atoms with Gasteiger partial charge in [-0.3, -0.25) is 19.3 Å². The van der Waals surface area contributed by atoms with Crippen LogP contribution in [-0.2, 0) is 6.54 Å². The lowest BCUT2D eigenvalue weighted by Crippen LogP contribution is -2.16. The highest BCUT2D eigenvalue weighted by Gasteiger charge is 2.13. The van der Waals surface area contributed by atoms with E-state index < -0.39 is 0 Å². The van der Waals surface area contributed by atoms with Crippen molar-refractivity contribution >= 4 is 22.5 Å². The molecule has 31 heavy (non-hydrogen) atoms. The molecule has 0 aliphatic carbocycles. The van der Waals surface area contributed by atoms with Gasteiger partial charge in [0, 0.05) is 35.7 Å². The van der Waals surface area contributed by atoms with Gasteiger partial charge in [-0.15, -0.1) is 0 Å². The molecular weight excluding hydrogens is 392 g/mol. The molecule has 0 aliphatic rings. The Labute approximate surface area is 176 Å². The van der Waals surface area contributed by atoms with Gasteiger partial charge in [0.2, 0.25) is 0 Å². The summed E-state index contributed by atoms with van der Waals surface area (Å²) in [4.78, 5) is 35.1. The smallest absolute Gasteiger partial charge is 0.257 e. The first-order chi connectivity index (χ1) is 15.2. The van der Waals surface area contributed by atoms with Crippen molar-refractivity contribution in [1.82, 2.24) is 24.7 Å². The number of hydrogen-bond donors (Lipinski definition) is 3. The van der Waals surface area contributed by atoms with Gasteiger partial charge in [0.05, 0.1) is 35.2 Å². The highest BCUT2D eigenvalue weighted by Crippen LogP contribution is 2.22. The normalized spacial score (nSPS) is 11.0. The average molecular weight is 410 g/mol. The average Bonchev–Trinajstić information content (AvgIpc) is 3.41. The zero-order valence-corrected chi connectivity index (χ0v) is 16.4. The number of carbonyl (C=O) groups is 1. The molecule has 0 bridgehead atoms. The van der Waals surface area contributed by atoms with E-state index in [1.807, 2.05) is 42.5 Å². The molecule has 0 spiro atoms. The molecular formula is C23H18N6O2. The number of hydrogen-bond acceptors (Lipinski definition) is 4. The van der Waals surface area contributed by atoms with E-state index in [-0.39, 0.29) is 11.5 Å². The van der Waals surface area contributed by atoms with Crippen LogP contribution in [0.15, 0.2) is 84.3 Å². The van der Waals surface area contributed by atoms with Gasteiger partial charge in [-0.2, -0.15) is 5.10 Å². The van der Waals surface area contributed by atoms with Crippen molar-refractivity contribution in [2.24, 2.45) is 0 Å². The first-order valence-electron chi connectivity index (χ1n) is 9.69. The number of aromatic amines is 2. The summed E-state index contributed by atoms with van der Waals surface area (Å²) in [5.41, 5.74) is 3.62. The number of carbonyl (C=O) groups excluding carboxylic acids is 1. The summed E-state index contributed by atoms with van der Waals surface area (Å²) in [5.74, 6) is -0.338. The van der Waals surface area contributed by atoms with E-state index in [1.165, 1.54) is 6.20 Å². The Balaban J connectivity index is 1.36. The summed E-state index contributed by atoms with van der Waals surface area (Å²) >= 11 is 0. The molecule has 0 saturated heterocycles. The van der Waals surface area contributed by atoms with Crippen molar-refractivity contribution in [1.29, 1.82) is 0 Å². The molecule has 8 heteroatoms. The molecule has 3 N–H and O–H groups in total. The first-order valence-corrected chi connectivity index (χ1v) is 9.69. The molecule has 4 aromatic heterocycles. The maximum atomic E-state index is 12.8. The van der Waals surface area contributed by atoms with Crippen LogP contribution < -0.4 is 10.9 Å². The fourth-order valence-electron chi connectivity index (χ4n) is 3.43. The first kappa shape index (κ1) is 18.6. The minimum absolute atomic E-state index is 0.271.